The highest BCUT2D eigenvalue weighted by Crippen LogP contribution is 2.28. The molecule has 2 rings (SSSR count). The van der Waals surface area contributed by atoms with Crippen molar-refractivity contribution in [2.24, 2.45) is 0 Å². The Balaban J connectivity index is 2.00. The predicted octanol–water partition coefficient (Wildman–Crippen LogP) is 5.00. The number of benzene rings is 2. The van der Waals surface area contributed by atoms with Gasteiger partial charge in [0, 0.05) is 14.3 Å². The molecule has 1 amide bonds. The van der Waals surface area contributed by atoms with Gasteiger partial charge in [0.2, 0.25) is 0 Å². The maximum atomic E-state index is 12.1. The number of rotatable bonds is 4. The third-order valence-electron chi connectivity index (χ3n) is 2.68. The second-order valence-corrected chi connectivity index (χ2v) is 6.42. The summed E-state index contributed by atoms with van der Waals surface area (Å²) < 4.78 is 6.65. The van der Waals surface area contributed by atoms with E-state index in [1.165, 1.54) is 0 Å². The van der Waals surface area contributed by atoms with Crippen molar-refractivity contribution in [3.8, 4) is 5.75 Å². The van der Waals surface area contributed by atoms with E-state index in [1.807, 2.05) is 24.3 Å². The zero-order valence-electron chi connectivity index (χ0n) is 11.1. The molecule has 6 heteroatoms. The number of hydrogen-bond acceptors (Lipinski definition) is 2. The Hall–Kier alpha value is -0.980. The molecule has 0 unspecified atom stereocenters. The van der Waals surface area contributed by atoms with E-state index in [0.29, 0.717) is 15.8 Å². The molecule has 0 aliphatic rings. The highest BCUT2D eigenvalue weighted by molar-refractivity contribution is 14.1. The van der Waals surface area contributed by atoms with Crippen LogP contribution >= 0.6 is 45.8 Å². The van der Waals surface area contributed by atoms with Crippen LogP contribution in [0.5, 0.6) is 5.75 Å². The standard InChI is InChI=1S/C15H12Cl2INO2/c1-9(21-14-7-2-10(16)8-13(14)17)15(20)19-12-5-3-11(18)4-6-12/h2-9H,1H3,(H,19,20)/t9-/m0/s1. The van der Waals surface area contributed by atoms with Gasteiger partial charge >= 0.3 is 0 Å². The molecule has 0 aliphatic carbocycles. The number of anilines is 1. The van der Waals surface area contributed by atoms with Gasteiger partial charge in [0.15, 0.2) is 6.10 Å². The molecule has 2 aromatic rings. The fraction of sp³-hybridized carbons (Fsp3) is 0.133. The van der Waals surface area contributed by atoms with Crippen molar-refractivity contribution in [1.82, 2.24) is 0 Å². The summed E-state index contributed by atoms with van der Waals surface area (Å²) in [5, 5.41) is 3.67. The molecule has 0 spiro atoms. The normalized spacial score (nSPS) is 11.8. The fourth-order valence-corrected chi connectivity index (χ4v) is 2.40. The lowest BCUT2D eigenvalue weighted by Crippen LogP contribution is -2.30. The van der Waals surface area contributed by atoms with Crippen LogP contribution in [0.2, 0.25) is 10.0 Å². The van der Waals surface area contributed by atoms with E-state index < -0.39 is 6.10 Å². The van der Waals surface area contributed by atoms with Gasteiger partial charge in [-0.2, -0.15) is 0 Å². The molecule has 2 aromatic carbocycles. The number of carbonyl (C=O) groups excluding carboxylic acids is 1. The smallest absolute Gasteiger partial charge is 0.265 e. The summed E-state index contributed by atoms with van der Waals surface area (Å²) in [7, 11) is 0. The molecule has 0 aromatic heterocycles. The summed E-state index contributed by atoms with van der Waals surface area (Å²) in [5.41, 5.74) is 0.720. The van der Waals surface area contributed by atoms with Gasteiger partial charge < -0.3 is 10.1 Å². The Bertz CT molecular complexity index is 647. The molecular formula is C15H12Cl2INO2. The van der Waals surface area contributed by atoms with Gasteiger partial charge in [-0.15, -0.1) is 0 Å². The molecule has 0 radical (unpaired) electrons. The van der Waals surface area contributed by atoms with E-state index in [-0.39, 0.29) is 5.91 Å². The molecule has 0 saturated heterocycles. The lowest BCUT2D eigenvalue weighted by Gasteiger charge is -2.15. The first-order valence-corrected chi connectivity index (χ1v) is 7.97. The molecule has 0 fully saturated rings. The summed E-state index contributed by atoms with van der Waals surface area (Å²) >= 11 is 14.0. The van der Waals surface area contributed by atoms with E-state index in [2.05, 4.69) is 27.9 Å². The number of halogens is 3. The lowest BCUT2D eigenvalue weighted by atomic mass is 10.3. The van der Waals surface area contributed by atoms with Crippen LogP contribution in [0.1, 0.15) is 6.92 Å². The minimum absolute atomic E-state index is 0.248. The summed E-state index contributed by atoms with van der Waals surface area (Å²) in [6.07, 6.45) is -0.678. The Morgan fingerprint density at radius 2 is 1.86 bits per heavy atom. The van der Waals surface area contributed by atoms with Crippen LogP contribution in [0.3, 0.4) is 0 Å². The fourth-order valence-electron chi connectivity index (χ4n) is 1.59. The molecule has 0 heterocycles. The molecule has 1 atom stereocenters. The quantitative estimate of drug-likeness (QED) is 0.686. The number of hydrogen-bond donors (Lipinski definition) is 1. The maximum Gasteiger partial charge on any atom is 0.265 e. The number of ether oxygens (including phenoxy) is 1. The Kier molecular flexibility index (Phi) is 5.72. The molecule has 0 saturated carbocycles. The van der Waals surface area contributed by atoms with Crippen molar-refractivity contribution >= 4 is 57.4 Å². The SMILES string of the molecule is C[C@H](Oc1ccc(Cl)cc1Cl)C(=O)Nc1ccc(I)cc1. The van der Waals surface area contributed by atoms with Gasteiger partial charge in [0.05, 0.1) is 5.02 Å². The Labute approximate surface area is 146 Å². The molecule has 0 aliphatic heterocycles. The monoisotopic (exact) mass is 435 g/mol. The minimum Gasteiger partial charge on any atom is -0.479 e. The van der Waals surface area contributed by atoms with E-state index >= 15 is 0 Å². The average molecular weight is 436 g/mol. The van der Waals surface area contributed by atoms with Crippen LogP contribution in [0, 0.1) is 3.57 Å². The Morgan fingerprint density at radius 3 is 2.48 bits per heavy atom. The van der Waals surface area contributed by atoms with Gasteiger partial charge in [-0.1, -0.05) is 23.2 Å². The van der Waals surface area contributed by atoms with Crippen molar-refractivity contribution in [1.29, 1.82) is 0 Å². The van der Waals surface area contributed by atoms with Crippen LogP contribution < -0.4 is 10.1 Å². The molecule has 3 nitrogen and oxygen atoms in total. The highest BCUT2D eigenvalue weighted by atomic mass is 127. The van der Waals surface area contributed by atoms with Gasteiger partial charge in [-0.05, 0) is 72.0 Å². The maximum absolute atomic E-state index is 12.1. The number of nitrogens with one attached hydrogen (secondary N) is 1. The van der Waals surface area contributed by atoms with Crippen LogP contribution in [0.15, 0.2) is 42.5 Å². The molecular weight excluding hydrogens is 424 g/mol. The lowest BCUT2D eigenvalue weighted by molar-refractivity contribution is -0.122. The summed E-state index contributed by atoms with van der Waals surface area (Å²) in [6.45, 7) is 1.66. The topological polar surface area (TPSA) is 38.3 Å². The molecule has 21 heavy (non-hydrogen) atoms. The second-order valence-electron chi connectivity index (χ2n) is 4.33. The van der Waals surface area contributed by atoms with Crippen molar-refractivity contribution in [2.45, 2.75) is 13.0 Å². The van der Waals surface area contributed by atoms with Crippen LogP contribution in [0.4, 0.5) is 5.69 Å². The number of amides is 1. The van der Waals surface area contributed by atoms with Gasteiger partial charge in [0.1, 0.15) is 5.75 Å². The van der Waals surface area contributed by atoms with E-state index in [9.17, 15) is 4.79 Å². The van der Waals surface area contributed by atoms with Crippen molar-refractivity contribution < 1.29 is 9.53 Å². The minimum atomic E-state index is -0.678. The largest absolute Gasteiger partial charge is 0.479 e. The zero-order valence-corrected chi connectivity index (χ0v) is 14.7. The first-order valence-electron chi connectivity index (χ1n) is 6.14. The third kappa shape index (κ3) is 4.76. The number of carbonyl (C=O) groups is 1. The third-order valence-corrected chi connectivity index (χ3v) is 3.93. The molecule has 0 bridgehead atoms. The predicted molar refractivity (Wildman–Crippen MR) is 94.3 cm³/mol. The zero-order chi connectivity index (χ0) is 15.4. The highest BCUT2D eigenvalue weighted by Gasteiger charge is 2.16. The van der Waals surface area contributed by atoms with Gasteiger partial charge in [-0.25, -0.2) is 0 Å². The Morgan fingerprint density at radius 1 is 1.19 bits per heavy atom. The first kappa shape index (κ1) is 16.4. The van der Waals surface area contributed by atoms with Gasteiger partial charge in [-0.3, -0.25) is 4.79 Å². The second kappa shape index (κ2) is 7.33. The molecule has 1 N–H and O–H groups in total. The summed E-state index contributed by atoms with van der Waals surface area (Å²) in [5.74, 6) is 0.175. The van der Waals surface area contributed by atoms with Crippen molar-refractivity contribution in [3.63, 3.8) is 0 Å². The van der Waals surface area contributed by atoms with Gasteiger partial charge in [0.25, 0.3) is 5.91 Å². The van der Waals surface area contributed by atoms with Crippen LogP contribution in [-0.4, -0.2) is 12.0 Å². The van der Waals surface area contributed by atoms with Crippen LogP contribution in [0.25, 0.3) is 0 Å². The average Bonchev–Trinajstić information content (AvgIpc) is 2.44. The van der Waals surface area contributed by atoms with E-state index in [0.717, 1.165) is 9.26 Å². The molecule has 110 valence electrons. The van der Waals surface area contributed by atoms with Crippen LogP contribution in [-0.2, 0) is 4.79 Å². The van der Waals surface area contributed by atoms with Crippen molar-refractivity contribution in [3.05, 3.63) is 56.1 Å². The summed E-state index contributed by atoms with van der Waals surface area (Å²) in [6, 6.07) is 12.4. The van der Waals surface area contributed by atoms with E-state index in [4.69, 9.17) is 27.9 Å². The van der Waals surface area contributed by atoms with E-state index in [1.54, 1.807) is 25.1 Å². The first-order chi connectivity index (χ1) is 9.95. The van der Waals surface area contributed by atoms with Crippen molar-refractivity contribution in [2.75, 3.05) is 5.32 Å². The summed E-state index contributed by atoms with van der Waals surface area (Å²) in [4.78, 5) is 12.1.